The van der Waals surface area contributed by atoms with Crippen LogP contribution in [0.2, 0.25) is 0 Å². The number of likely N-dealkylation sites (N-methyl/N-ethyl adjacent to an activating group) is 1. The fourth-order valence-corrected chi connectivity index (χ4v) is 2.18. The van der Waals surface area contributed by atoms with Gasteiger partial charge in [-0.25, -0.2) is 0 Å². The number of hydrogen-bond acceptors (Lipinski definition) is 3. The molecule has 1 aliphatic heterocycles. The molecule has 0 aromatic heterocycles. The number of carbonyl (C=O) groups excluding carboxylic acids is 2. The molecule has 0 aliphatic carbocycles. The van der Waals surface area contributed by atoms with Crippen LogP contribution in [0.4, 0.5) is 5.69 Å². The van der Waals surface area contributed by atoms with Gasteiger partial charge < -0.3 is 15.0 Å². The Morgan fingerprint density at radius 1 is 1.39 bits per heavy atom. The van der Waals surface area contributed by atoms with Gasteiger partial charge in [0, 0.05) is 7.05 Å². The van der Waals surface area contributed by atoms with E-state index in [2.05, 4.69) is 5.32 Å². The minimum Gasteiger partial charge on any atom is -0.495 e. The first-order valence-electron chi connectivity index (χ1n) is 5.85. The molecule has 0 saturated carbocycles. The van der Waals surface area contributed by atoms with E-state index in [4.69, 9.17) is 4.74 Å². The standard InChI is InChI=1S/C13H16N2O3/c1-4-9-12(16)14-11-8(13(17)15(9)2)6-5-7-10(11)18-3/h5-7,9H,4H2,1-3H3,(H,14,16). The van der Waals surface area contributed by atoms with E-state index in [0.717, 1.165) is 0 Å². The molecule has 0 radical (unpaired) electrons. The van der Waals surface area contributed by atoms with E-state index < -0.39 is 6.04 Å². The highest BCUT2D eigenvalue weighted by molar-refractivity contribution is 6.10. The van der Waals surface area contributed by atoms with Crippen molar-refractivity contribution in [2.75, 3.05) is 19.5 Å². The molecule has 2 rings (SSSR count). The Morgan fingerprint density at radius 3 is 2.72 bits per heavy atom. The highest BCUT2D eigenvalue weighted by Crippen LogP contribution is 2.32. The Labute approximate surface area is 106 Å². The van der Waals surface area contributed by atoms with Gasteiger partial charge in [-0.15, -0.1) is 0 Å². The first-order valence-corrected chi connectivity index (χ1v) is 5.85. The van der Waals surface area contributed by atoms with Crippen LogP contribution in [-0.4, -0.2) is 36.9 Å². The van der Waals surface area contributed by atoms with Crippen LogP contribution >= 0.6 is 0 Å². The third kappa shape index (κ3) is 1.81. The summed E-state index contributed by atoms with van der Waals surface area (Å²) in [7, 11) is 3.16. The SMILES string of the molecule is CCC1C(=O)Nc2c(OC)cccc2C(=O)N1C. The van der Waals surface area contributed by atoms with E-state index in [0.29, 0.717) is 23.4 Å². The van der Waals surface area contributed by atoms with Gasteiger partial charge in [-0.05, 0) is 18.6 Å². The van der Waals surface area contributed by atoms with Crippen LogP contribution in [-0.2, 0) is 4.79 Å². The van der Waals surface area contributed by atoms with Crippen LogP contribution in [0, 0.1) is 0 Å². The van der Waals surface area contributed by atoms with Crippen molar-refractivity contribution in [2.24, 2.45) is 0 Å². The van der Waals surface area contributed by atoms with E-state index in [1.807, 2.05) is 6.92 Å². The molecule has 1 heterocycles. The maximum Gasteiger partial charge on any atom is 0.256 e. The summed E-state index contributed by atoms with van der Waals surface area (Å²) >= 11 is 0. The fraction of sp³-hybridized carbons (Fsp3) is 0.385. The predicted octanol–water partition coefficient (Wildman–Crippen LogP) is 1.50. The lowest BCUT2D eigenvalue weighted by Crippen LogP contribution is -2.42. The first-order chi connectivity index (χ1) is 8.60. The molecule has 0 fully saturated rings. The van der Waals surface area contributed by atoms with E-state index in [9.17, 15) is 9.59 Å². The summed E-state index contributed by atoms with van der Waals surface area (Å²) in [4.78, 5) is 25.8. The molecule has 1 N–H and O–H groups in total. The van der Waals surface area contributed by atoms with E-state index in [1.54, 1.807) is 25.2 Å². The number of hydrogen-bond donors (Lipinski definition) is 1. The molecular weight excluding hydrogens is 232 g/mol. The minimum atomic E-state index is -0.449. The number of para-hydroxylation sites is 1. The van der Waals surface area contributed by atoms with Crippen molar-refractivity contribution in [3.05, 3.63) is 23.8 Å². The average molecular weight is 248 g/mol. The zero-order valence-corrected chi connectivity index (χ0v) is 10.7. The zero-order chi connectivity index (χ0) is 13.3. The summed E-state index contributed by atoms with van der Waals surface area (Å²) in [6.45, 7) is 1.88. The smallest absolute Gasteiger partial charge is 0.256 e. The highest BCUT2D eigenvalue weighted by atomic mass is 16.5. The van der Waals surface area contributed by atoms with Gasteiger partial charge in [0.1, 0.15) is 11.8 Å². The Bertz CT molecular complexity index is 499. The molecule has 1 aromatic carbocycles. The lowest BCUT2D eigenvalue weighted by Gasteiger charge is -2.22. The molecule has 5 nitrogen and oxygen atoms in total. The number of anilines is 1. The minimum absolute atomic E-state index is 0.172. The van der Waals surface area contributed by atoms with Crippen molar-refractivity contribution >= 4 is 17.5 Å². The zero-order valence-electron chi connectivity index (χ0n) is 10.7. The van der Waals surface area contributed by atoms with Gasteiger partial charge >= 0.3 is 0 Å². The summed E-state index contributed by atoms with van der Waals surface area (Å²) in [5.74, 6) is 0.144. The molecule has 1 atom stereocenters. The van der Waals surface area contributed by atoms with Crippen LogP contribution in [0.1, 0.15) is 23.7 Å². The van der Waals surface area contributed by atoms with Crippen molar-refractivity contribution in [3.63, 3.8) is 0 Å². The number of amides is 2. The van der Waals surface area contributed by atoms with Crippen LogP contribution in [0.5, 0.6) is 5.75 Å². The van der Waals surface area contributed by atoms with Crippen molar-refractivity contribution < 1.29 is 14.3 Å². The number of fused-ring (bicyclic) bond motifs is 1. The molecule has 1 aromatic rings. The summed E-state index contributed by atoms with van der Waals surface area (Å²) in [6, 6.07) is 4.70. The predicted molar refractivity (Wildman–Crippen MR) is 67.8 cm³/mol. The summed E-state index contributed by atoms with van der Waals surface area (Å²) < 4.78 is 5.18. The maximum absolute atomic E-state index is 12.3. The molecule has 2 amide bonds. The molecular formula is C13H16N2O3. The van der Waals surface area contributed by atoms with Crippen LogP contribution in [0.3, 0.4) is 0 Å². The first kappa shape index (κ1) is 12.4. The Kier molecular flexibility index (Phi) is 3.23. The Morgan fingerprint density at radius 2 is 2.11 bits per heavy atom. The van der Waals surface area contributed by atoms with Crippen molar-refractivity contribution in [2.45, 2.75) is 19.4 Å². The molecule has 5 heteroatoms. The number of nitrogens with one attached hydrogen (secondary N) is 1. The van der Waals surface area contributed by atoms with Gasteiger partial charge in [0.15, 0.2) is 0 Å². The van der Waals surface area contributed by atoms with Crippen LogP contribution in [0.15, 0.2) is 18.2 Å². The number of nitrogens with zero attached hydrogens (tertiary/aromatic N) is 1. The topological polar surface area (TPSA) is 58.6 Å². The molecule has 0 spiro atoms. The molecule has 1 unspecified atom stereocenters. The highest BCUT2D eigenvalue weighted by Gasteiger charge is 2.32. The van der Waals surface area contributed by atoms with E-state index >= 15 is 0 Å². The van der Waals surface area contributed by atoms with E-state index in [-0.39, 0.29) is 11.8 Å². The summed E-state index contributed by atoms with van der Waals surface area (Å²) in [5.41, 5.74) is 0.916. The van der Waals surface area contributed by atoms with Crippen molar-refractivity contribution in [1.29, 1.82) is 0 Å². The third-order valence-corrected chi connectivity index (χ3v) is 3.20. The Balaban J connectivity index is 2.56. The quantitative estimate of drug-likeness (QED) is 0.862. The number of benzene rings is 1. The molecule has 96 valence electrons. The number of carbonyl (C=O) groups is 2. The van der Waals surface area contributed by atoms with Crippen molar-refractivity contribution in [3.8, 4) is 5.75 Å². The molecule has 0 bridgehead atoms. The van der Waals surface area contributed by atoms with Gasteiger partial charge in [0.2, 0.25) is 5.91 Å². The average Bonchev–Trinajstić information content (AvgIpc) is 2.46. The normalized spacial score (nSPS) is 19.1. The van der Waals surface area contributed by atoms with Gasteiger partial charge in [-0.1, -0.05) is 13.0 Å². The maximum atomic E-state index is 12.3. The lowest BCUT2D eigenvalue weighted by molar-refractivity contribution is -0.120. The molecule has 0 saturated heterocycles. The second-order valence-corrected chi connectivity index (χ2v) is 4.21. The van der Waals surface area contributed by atoms with Gasteiger partial charge in [-0.2, -0.15) is 0 Å². The number of rotatable bonds is 2. The second kappa shape index (κ2) is 4.68. The number of methoxy groups -OCH3 is 1. The second-order valence-electron chi connectivity index (χ2n) is 4.21. The largest absolute Gasteiger partial charge is 0.495 e. The summed E-state index contributed by atoms with van der Waals surface area (Å²) in [5, 5.41) is 2.78. The summed E-state index contributed by atoms with van der Waals surface area (Å²) in [6.07, 6.45) is 0.574. The fourth-order valence-electron chi connectivity index (χ4n) is 2.18. The van der Waals surface area contributed by atoms with Crippen molar-refractivity contribution in [1.82, 2.24) is 4.90 Å². The monoisotopic (exact) mass is 248 g/mol. The molecule has 1 aliphatic rings. The molecule has 18 heavy (non-hydrogen) atoms. The number of ether oxygens (including phenoxy) is 1. The Hall–Kier alpha value is -2.04. The van der Waals surface area contributed by atoms with Crippen LogP contribution in [0.25, 0.3) is 0 Å². The van der Waals surface area contributed by atoms with Crippen LogP contribution < -0.4 is 10.1 Å². The van der Waals surface area contributed by atoms with Gasteiger partial charge in [-0.3, -0.25) is 9.59 Å². The third-order valence-electron chi connectivity index (χ3n) is 3.20. The van der Waals surface area contributed by atoms with E-state index in [1.165, 1.54) is 12.0 Å². The lowest BCUT2D eigenvalue weighted by atomic mass is 10.1. The van der Waals surface area contributed by atoms with Gasteiger partial charge in [0.25, 0.3) is 5.91 Å². The van der Waals surface area contributed by atoms with Gasteiger partial charge in [0.05, 0.1) is 18.4 Å².